The first-order valence-electron chi connectivity index (χ1n) is 5.65. The molecule has 0 fully saturated rings. The van der Waals surface area contributed by atoms with Crippen LogP contribution in [0.15, 0.2) is 36.9 Å². The highest BCUT2D eigenvalue weighted by molar-refractivity contribution is 5.87. The molecule has 1 atom stereocenters. The molecule has 19 heavy (non-hydrogen) atoms. The summed E-state index contributed by atoms with van der Waals surface area (Å²) in [6.45, 7) is 1.66. The van der Waals surface area contributed by atoms with Gasteiger partial charge in [-0.05, 0) is 31.2 Å². The Morgan fingerprint density at radius 2 is 1.79 bits per heavy atom. The maximum Gasteiger partial charge on any atom is 0.279 e. The SMILES string of the molecule is COc1ccc(O[C@@H](C)C(=O)Nn2cnnc2)cc1. The largest absolute Gasteiger partial charge is 0.497 e. The molecular formula is C12H14N4O3. The third-order valence-corrected chi connectivity index (χ3v) is 2.40. The van der Waals surface area contributed by atoms with Crippen LogP contribution in [0.4, 0.5) is 0 Å². The van der Waals surface area contributed by atoms with Crippen molar-refractivity contribution >= 4 is 5.91 Å². The van der Waals surface area contributed by atoms with Gasteiger partial charge in [-0.15, -0.1) is 10.2 Å². The number of hydrogen-bond donors (Lipinski definition) is 1. The average Bonchev–Trinajstić information content (AvgIpc) is 2.92. The molecule has 7 heteroatoms. The Morgan fingerprint density at radius 1 is 1.21 bits per heavy atom. The smallest absolute Gasteiger partial charge is 0.279 e. The lowest BCUT2D eigenvalue weighted by atomic mass is 10.3. The maximum absolute atomic E-state index is 11.8. The Morgan fingerprint density at radius 3 is 2.37 bits per heavy atom. The van der Waals surface area contributed by atoms with E-state index in [1.165, 1.54) is 17.3 Å². The van der Waals surface area contributed by atoms with Crippen molar-refractivity contribution in [3.63, 3.8) is 0 Å². The summed E-state index contributed by atoms with van der Waals surface area (Å²) in [4.78, 5) is 11.8. The normalized spacial score (nSPS) is 11.7. The van der Waals surface area contributed by atoms with Gasteiger partial charge in [0.15, 0.2) is 6.10 Å². The molecule has 0 radical (unpaired) electrons. The fourth-order valence-electron chi connectivity index (χ4n) is 1.39. The summed E-state index contributed by atoms with van der Waals surface area (Å²) in [5.74, 6) is 1.02. The number of rotatable bonds is 5. The Balaban J connectivity index is 1.92. The second-order valence-corrected chi connectivity index (χ2v) is 3.78. The summed E-state index contributed by atoms with van der Waals surface area (Å²) in [5, 5.41) is 7.16. The molecule has 1 aromatic heterocycles. The minimum Gasteiger partial charge on any atom is -0.497 e. The summed E-state index contributed by atoms with van der Waals surface area (Å²) < 4.78 is 11.9. The molecule has 0 saturated carbocycles. The van der Waals surface area contributed by atoms with Crippen LogP contribution < -0.4 is 14.9 Å². The molecule has 1 amide bonds. The first-order valence-corrected chi connectivity index (χ1v) is 5.65. The number of aromatic nitrogens is 3. The second-order valence-electron chi connectivity index (χ2n) is 3.78. The zero-order chi connectivity index (χ0) is 13.7. The van der Waals surface area contributed by atoms with Gasteiger partial charge in [0.1, 0.15) is 24.2 Å². The van der Waals surface area contributed by atoms with E-state index in [9.17, 15) is 4.79 Å². The van der Waals surface area contributed by atoms with E-state index in [0.29, 0.717) is 5.75 Å². The van der Waals surface area contributed by atoms with Crippen molar-refractivity contribution in [1.82, 2.24) is 14.9 Å². The summed E-state index contributed by atoms with van der Waals surface area (Å²) in [5.41, 5.74) is 2.57. The van der Waals surface area contributed by atoms with Crippen LogP contribution >= 0.6 is 0 Å². The molecule has 1 heterocycles. The zero-order valence-corrected chi connectivity index (χ0v) is 10.6. The van der Waals surface area contributed by atoms with Crippen molar-refractivity contribution in [2.75, 3.05) is 12.5 Å². The third-order valence-electron chi connectivity index (χ3n) is 2.40. The molecule has 0 bridgehead atoms. The summed E-state index contributed by atoms with van der Waals surface area (Å²) in [6.07, 6.45) is 2.13. The van der Waals surface area contributed by atoms with E-state index < -0.39 is 6.10 Å². The van der Waals surface area contributed by atoms with Crippen molar-refractivity contribution in [3.05, 3.63) is 36.9 Å². The number of nitrogens with zero attached hydrogens (tertiary/aromatic N) is 3. The zero-order valence-electron chi connectivity index (χ0n) is 10.6. The van der Waals surface area contributed by atoms with Gasteiger partial charge >= 0.3 is 0 Å². The fourth-order valence-corrected chi connectivity index (χ4v) is 1.39. The van der Waals surface area contributed by atoms with Crippen LogP contribution in [-0.4, -0.2) is 34.0 Å². The number of hydrogen-bond acceptors (Lipinski definition) is 5. The average molecular weight is 262 g/mol. The molecule has 2 aromatic rings. The van der Waals surface area contributed by atoms with E-state index in [0.717, 1.165) is 5.75 Å². The van der Waals surface area contributed by atoms with E-state index >= 15 is 0 Å². The van der Waals surface area contributed by atoms with Crippen molar-refractivity contribution in [1.29, 1.82) is 0 Å². The van der Waals surface area contributed by atoms with Crippen molar-refractivity contribution < 1.29 is 14.3 Å². The van der Waals surface area contributed by atoms with Gasteiger partial charge < -0.3 is 9.47 Å². The molecule has 0 unspecified atom stereocenters. The number of nitrogens with one attached hydrogen (secondary N) is 1. The number of methoxy groups -OCH3 is 1. The Bertz CT molecular complexity index is 524. The van der Waals surface area contributed by atoms with E-state index in [4.69, 9.17) is 9.47 Å². The third kappa shape index (κ3) is 3.44. The number of ether oxygens (including phenoxy) is 2. The maximum atomic E-state index is 11.8. The van der Waals surface area contributed by atoms with Gasteiger partial charge in [0.25, 0.3) is 5.91 Å². The van der Waals surface area contributed by atoms with Gasteiger partial charge in [-0.3, -0.25) is 10.2 Å². The minimum atomic E-state index is -0.643. The van der Waals surface area contributed by atoms with Crippen LogP contribution in [0.25, 0.3) is 0 Å². The van der Waals surface area contributed by atoms with E-state index in [-0.39, 0.29) is 5.91 Å². The standard InChI is InChI=1S/C12H14N4O3/c1-9(12(17)15-16-7-13-14-8-16)19-11-5-3-10(18-2)4-6-11/h3-9H,1-2H3,(H,15,17)/t9-/m0/s1. The predicted octanol–water partition coefficient (Wildman–Crippen LogP) is 0.824. The van der Waals surface area contributed by atoms with Gasteiger partial charge in [0, 0.05) is 0 Å². The van der Waals surface area contributed by atoms with Gasteiger partial charge in [-0.25, -0.2) is 4.68 Å². The molecule has 100 valence electrons. The van der Waals surface area contributed by atoms with E-state index in [2.05, 4.69) is 15.6 Å². The molecule has 1 aromatic carbocycles. The summed E-state index contributed by atoms with van der Waals surface area (Å²) >= 11 is 0. The Kier molecular flexibility index (Phi) is 3.97. The molecule has 0 aliphatic carbocycles. The number of carbonyl (C=O) groups is 1. The molecule has 0 spiro atoms. The number of carbonyl (C=O) groups excluding carboxylic acids is 1. The summed E-state index contributed by atoms with van der Waals surface area (Å²) in [6, 6.07) is 7.00. The highest BCUT2D eigenvalue weighted by atomic mass is 16.5. The van der Waals surface area contributed by atoms with Crippen molar-refractivity contribution in [3.8, 4) is 11.5 Å². The van der Waals surface area contributed by atoms with Crippen LogP contribution in [0.3, 0.4) is 0 Å². The van der Waals surface area contributed by atoms with E-state index in [1.54, 1.807) is 38.3 Å². The number of benzene rings is 1. The van der Waals surface area contributed by atoms with Gasteiger partial charge in [-0.2, -0.15) is 0 Å². The van der Waals surface area contributed by atoms with Crippen LogP contribution in [0.2, 0.25) is 0 Å². The second kappa shape index (κ2) is 5.85. The van der Waals surface area contributed by atoms with E-state index in [1.807, 2.05) is 0 Å². The Hall–Kier alpha value is -2.57. The molecule has 2 rings (SSSR count). The van der Waals surface area contributed by atoms with Crippen molar-refractivity contribution in [2.24, 2.45) is 0 Å². The first kappa shape index (κ1) is 12.9. The van der Waals surface area contributed by atoms with Crippen LogP contribution in [0.1, 0.15) is 6.92 Å². The monoisotopic (exact) mass is 262 g/mol. The first-order chi connectivity index (χ1) is 9.19. The van der Waals surface area contributed by atoms with Crippen LogP contribution in [0, 0.1) is 0 Å². The van der Waals surface area contributed by atoms with Gasteiger partial charge in [0.05, 0.1) is 7.11 Å². The molecular weight excluding hydrogens is 248 g/mol. The van der Waals surface area contributed by atoms with Gasteiger partial charge in [0.2, 0.25) is 0 Å². The predicted molar refractivity (Wildman–Crippen MR) is 67.5 cm³/mol. The quantitative estimate of drug-likeness (QED) is 0.863. The minimum absolute atomic E-state index is 0.296. The topological polar surface area (TPSA) is 78.3 Å². The molecule has 0 aliphatic rings. The van der Waals surface area contributed by atoms with Crippen molar-refractivity contribution in [2.45, 2.75) is 13.0 Å². The molecule has 1 N–H and O–H groups in total. The van der Waals surface area contributed by atoms with Crippen LogP contribution in [0.5, 0.6) is 11.5 Å². The Labute approximate surface area is 110 Å². The highest BCUT2D eigenvalue weighted by Crippen LogP contribution is 2.18. The lowest BCUT2D eigenvalue weighted by molar-refractivity contribution is -0.123. The lowest BCUT2D eigenvalue weighted by Gasteiger charge is -2.14. The van der Waals surface area contributed by atoms with Crippen LogP contribution in [-0.2, 0) is 4.79 Å². The summed E-state index contributed by atoms with van der Waals surface area (Å²) in [7, 11) is 1.59. The van der Waals surface area contributed by atoms with Gasteiger partial charge in [-0.1, -0.05) is 0 Å². The molecule has 7 nitrogen and oxygen atoms in total. The molecule has 0 saturated heterocycles. The lowest BCUT2D eigenvalue weighted by Crippen LogP contribution is -2.34. The molecule has 0 aliphatic heterocycles. The highest BCUT2D eigenvalue weighted by Gasteiger charge is 2.14. The number of amides is 1. The fraction of sp³-hybridized carbons (Fsp3) is 0.250.